The summed E-state index contributed by atoms with van der Waals surface area (Å²) in [5, 5.41) is 1.81. The van der Waals surface area contributed by atoms with E-state index < -0.39 is 0 Å². The van der Waals surface area contributed by atoms with Crippen LogP contribution in [0.3, 0.4) is 0 Å². The number of furan rings is 2. The zero-order valence-electron chi connectivity index (χ0n) is 15.1. The van der Waals surface area contributed by atoms with Crippen molar-refractivity contribution in [2.45, 2.75) is 0 Å². The number of fused-ring (bicyclic) bond motifs is 2. The zero-order chi connectivity index (χ0) is 19.1. The van der Waals surface area contributed by atoms with E-state index in [1.54, 1.807) is 21.9 Å². The van der Waals surface area contributed by atoms with E-state index in [0.29, 0.717) is 48.9 Å². The number of nitrogens with zero attached hydrogens (tertiary/aromatic N) is 2. The Morgan fingerprint density at radius 3 is 1.43 bits per heavy atom. The smallest absolute Gasteiger partial charge is 0.289 e. The Bertz CT molecular complexity index is 1020. The molecule has 1 saturated heterocycles. The van der Waals surface area contributed by atoms with Gasteiger partial charge in [0, 0.05) is 37.0 Å². The first-order chi connectivity index (χ1) is 13.7. The minimum absolute atomic E-state index is 0.146. The number of piperazine rings is 1. The second-order valence-corrected chi connectivity index (χ2v) is 6.88. The van der Waals surface area contributed by atoms with Crippen LogP contribution in [-0.2, 0) is 0 Å². The summed E-state index contributed by atoms with van der Waals surface area (Å²) in [5.41, 5.74) is 1.40. The third-order valence-corrected chi connectivity index (χ3v) is 5.13. The van der Waals surface area contributed by atoms with Crippen molar-refractivity contribution >= 4 is 33.8 Å². The Kier molecular flexibility index (Phi) is 3.90. The molecule has 1 fully saturated rings. The Morgan fingerprint density at radius 1 is 0.643 bits per heavy atom. The van der Waals surface area contributed by atoms with Gasteiger partial charge in [0.05, 0.1) is 0 Å². The summed E-state index contributed by atoms with van der Waals surface area (Å²) in [6, 6.07) is 18.6. The molecule has 0 atom stereocenters. The predicted octanol–water partition coefficient (Wildman–Crippen LogP) is 3.78. The monoisotopic (exact) mass is 374 g/mol. The molecule has 0 bridgehead atoms. The second-order valence-electron chi connectivity index (χ2n) is 6.88. The molecule has 140 valence electrons. The first-order valence-electron chi connectivity index (χ1n) is 9.25. The maximum absolute atomic E-state index is 12.7. The molecule has 0 spiro atoms. The minimum atomic E-state index is -0.146. The Labute approximate surface area is 160 Å². The number of hydrogen-bond donors (Lipinski definition) is 0. The highest BCUT2D eigenvalue weighted by Crippen LogP contribution is 2.22. The molecule has 0 radical (unpaired) electrons. The number of carbonyl (C=O) groups is 2. The first-order valence-corrected chi connectivity index (χ1v) is 9.25. The van der Waals surface area contributed by atoms with Gasteiger partial charge in [-0.3, -0.25) is 9.59 Å². The third kappa shape index (κ3) is 2.83. The van der Waals surface area contributed by atoms with Gasteiger partial charge in [0.25, 0.3) is 11.8 Å². The normalized spacial score (nSPS) is 14.7. The lowest BCUT2D eigenvalue weighted by Gasteiger charge is -2.33. The molecule has 1 aliphatic rings. The van der Waals surface area contributed by atoms with Crippen molar-refractivity contribution in [3.8, 4) is 0 Å². The molecular weight excluding hydrogens is 356 g/mol. The molecule has 1 aliphatic heterocycles. The maximum atomic E-state index is 12.7. The fourth-order valence-corrected chi connectivity index (χ4v) is 3.60. The standard InChI is InChI=1S/C22H18N2O4/c25-21(19-13-15-5-1-3-7-17(15)27-19)23-9-11-24(12-10-23)22(26)20-14-16-6-2-4-8-18(16)28-20/h1-8,13-14H,9-12H2. The van der Waals surface area contributed by atoms with Gasteiger partial charge in [0.2, 0.25) is 0 Å². The number of para-hydroxylation sites is 2. The fraction of sp³-hybridized carbons (Fsp3) is 0.182. The number of hydrogen-bond acceptors (Lipinski definition) is 4. The van der Waals surface area contributed by atoms with E-state index in [1.165, 1.54) is 0 Å². The van der Waals surface area contributed by atoms with Crippen molar-refractivity contribution in [2.75, 3.05) is 26.2 Å². The highest BCUT2D eigenvalue weighted by molar-refractivity contribution is 5.97. The summed E-state index contributed by atoms with van der Waals surface area (Å²) in [6.07, 6.45) is 0. The van der Waals surface area contributed by atoms with Crippen LogP contribution in [0.1, 0.15) is 21.1 Å². The highest BCUT2D eigenvalue weighted by atomic mass is 16.4. The van der Waals surface area contributed by atoms with Crippen LogP contribution < -0.4 is 0 Å². The highest BCUT2D eigenvalue weighted by Gasteiger charge is 2.28. The largest absolute Gasteiger partial charge is 0.451 e. The van der Waals surface area contributed by atoms with E-state index in [1.807, 2.05) is 48.5 Å². The van der Waals surface area contributed by atoms with Crippen molar-refractivity contribution in [2.24, 2.45) is 0 Å². The van der Waals surface area contributed by atoms with Crippen LogP contribution in [0.4, 0.5) is 0 Å². The Balaban J connectivity index is 1.27. The summed E-state index contributed by atoms with van der Waals surface area (Å²) in [6.45, 7) is 1.84. The molecule has 0 aliphatic carbocycles. The average molecular weight is 374 g/mol. The predicted molar refractivity (Wildman–Crippen MR) is 104 cm³/mol. The summed E-state index contributed by atoms with van der Waals surface area (Å²) in [7, 11) is 0. The molecule has 2 amide bonds. The van der Waals surface area contributed by atoms with Gasteiger partial charge in [-0.2, -0.15) is 0 Å². The number of benzene rings is 2. The van der Waals surface area contributed by atoms with E-state index >= 15 is 0 Å². The molecule has 5 rings (SSSR count). The van der Waals surface area contributed by atoms with Gasteiger partial charge in [0.15, 0.2) is 11.5 Å². The van der Waals surface area contributed by atoms with Gasteiger partial charge < -0.3 is 18.6 Å². The molecule has 2 aromatic heterocycles. The summed E-state index contributed by atoms with van der Waals surface area (Å²) >= 11 is 0. The topological polar surface area (TPSA) is 66.9 Å². The fourth-order valence-electron chi connectivity index (χ4n) is 3.60. The van der Waals surface area contributed by atoms with E-state index in [4.69, 9.17) is 8.83 Å². The van der Waals surface area contributed by atoms with Crippen LogP contribution >= 0.6 is 0 Å². The van der Waals surface area contributed by atoms with Gasteiger partial charge in [-0.15, -0.1) is 0 Å². The van der Waals surface area contributed by atoms with Crippen molar-refractivity contribution in [3.05, 3.63) is 72.2 Å². The number of carbonyl (C=O) groups excluding carboxylic acids is 2. The molecule has 6 nitrogen and oxygen atoms in total. The Hall–Kier alpha value is -3.54. The van der Waals surface area contributed by atoms with Crippen molar-refractivity contribution in [1.29, 1.82) is 0 Å². The summed E-state index contributed by atoms with van der Waals surface area (Å²) < 4.78 is 11.3. The lowest BCUT2D eigenvalue weighted by Crippen LogP contribution is -2.50. The molecule has 3 heterocycles. The van der Waals surface area contributed by atoms with Crippen LogP contribution in [0.2, 0.25) is 0 Å². The second kappa shape index (κ2) is 6.56. The van der Waals surface area contributed by atoms with Crippen molar-refractivity contribution < 1.29 is 18.4 Å². The van der Waals surface area contributed by atoms with Crippen molar-refractivity contribution in [1.82, 2.24) is 9.80 Å². The van der Waals surface area contributed by atoms with Gasteiger partial charge >= 0.3 is 0 Å². The van der Waals surface area contributed by atoms with Gasteiger partial charge in [-0.05, 0) is 24.3 Å². The molecule has 6 heteroatoms. The van der Waals surface area contributed by atoms with Gasteiger partial charge in [-0.1, -0.05) is 36.4 Å². The summed E-state index contributed by atoms with van der Waals surface area (Å²) in [5.74, 6) is 0.371. The minimum Gasteiger partial charge on any atom is -0.451 e. The zero-order valence-corrected chi connectivity index (χ0v) is 15.1. The molecule has 0 N–H and O–H groups in total. The Morgan fingerprint density at radius 2 is 1.04 bits per heavy atom. The lowest BCUT2D eigenvalue weighted by molar-refractivity contribution is 0.0504. The SMILES string of the molecule is O=C(c1cc2ccccc2o1)N1CCN(C(=O)c2cc3ccccc3o2)CC1. The molecule has 28 heavy (non-hydrogen) atoms. The molecule has 2 aromatic carbocycles. The van der Waals surface area contributed by atoms with Gasteiger partial charge in [0.1, 0.15) is 11.2 Å². The number of rotatable bonds is 2. The third-order valence-electron chi connectivity index (χ3n) is 5.13. The van der Waals surface area contributed by atoms with Gasteiger partial charge in [-0.25, -0.2) is 0 Å². The average Bonchev–Trinajstić information content (AvgIpc) is 3.37. The van der Waals surface area contributed by atoms with Crippen LogP contribution in [0, 0.1) is 0 Å². The summed E-state index contributed by atoms with van der Waals surface area (Å²) in [4.78, 5) is 28.9. The van der Waals surface area contributed by atoms with Crippen LogP contribution in [0.25, 0.3) is 21.9 Å². The van der Waals surface area contributed by atoms with E-state index in [-0.39, 0.29) is 11.8 Å². The lowest BCUT2D eigenvalue weighted by atomic mass is 10.2. The quantitative estimate of drug-likeness (QED) is 0.536. The van der Waals surface area contributed by atoms with E-state index in [0.717, 1.165) is 10.8 Å². The maximum Gasteiger partial charge on any atom is 0.289 e. The van der Waals surface area contributed by atoms with Crippen LogP contribution in [0.5, 0.6) is 0 Å². The molecule has 0 unspecified atom stereocenters. The molecule has 4 aromatic rings. The number of amides is 2. The molecular formula is C22H18N2O4. The van der Waals surface area contributed by atoms with Crippen LogP contribution in [0.15, 0.2) is 69.5 Å². The first kappa shape index (κ1) is 16.6. The van der Waals surface area contributed by atoms with Crippen molar-refractivity contribution in [3.63, 3.8) is 0 Å². The van der Waals surface area contributed by atoms with Crippen LogP contribution in [-0.4, -0.2) is 47.8 Å². The van der Waals surface area contributed by atoms with E-state index in [2.05, 4.69) is 0 Å². The molecule has 0 saturated carbocycles. The van der Waals surface area contributed by atoms with E-state index in [9.17, 15) is 9.59 Å².